The molecule has 5 nitrogen and oxygen atoms in total. The molecule has 0 saturated heterocycles. The van der Waals surface area contributed by atoms with E-state index in [1.807, 2.05) is 12.1 Å². The summed E-state index contributed by atoms with van der Waals surface area (Å²) < 4.78 is 16.6. The Morgan fingerprint density at radius 2 is 1.17 bits per heavy atom. The molecule has 0 fully saturated rings. The maximum atomic E-state index is 12.5. The zero-order chi connectivity index (χ0) is 25.8. The fourth-order valence-corrected chi connectivity index (χ4v) is 3.51. The molecule has 3 aromatic rings. The number of aryl methyl sites for hydroxylation is 1. The van der Waals surface area contributed by atoms with Crippen LogP contribution in [0.5, 0.6) is 17.2 Å². The quantitative estimate of drug-likeness (QED) is 0.140. The molecule has 0 amide bonds. The zero-order valence-electron chi connectivity index (χ0n) is 21.5. The van der Waals surface area contributed by atoms with Gasteiger partial charge in [-0.3, -0.25) is 0 Å². The van der Waals surface area contributed by atoms with Crippen LogP contribution >= 0.6 is 0 Å². The summed E-state index contributed by atoms with van der Waals surface area (Å²) in [5.74, 6) is 1.05. The van der Waals surface area contributed by atoms with Gasteiger partial charge in [0, 0.05) is 0 Å². The van der Waals surface area contributed by atoms with Gasteiger partial charge in [0.15, 0.2) is 0 Å². The molecule has 0 bridgehead atoms. The summed E-state index contributed by atoms with van der Waals surface area (Å²) in [7, 11) is 0. The molecule has 1 atom stereocenters. The first kappa shape index (κ1) is 27.0. The molecule has 0 aliphatic rings. The number of ether oxygens (including phenoxy) is 3. The van der Waals surface area contributed by atoms with Crippen LogP contribution in [0.2, 0.25) is 0 Å². The molecule has 5 heteroatoms. The molecule has 1 unspecified atom stereocenters. The van der Waals surface area contributed by atoms with Gasteiger partial charge in [0.1, 0.15) is 17.2 Å². The highest BCUT2D eigenvalue weighted by Gasteiger charge is 2.12. The smallest absolute Gasteiger partial charge is 0.343 e. The highest BCUT2D eigenvalue weighted by Crippen LogP contribution is 2.21. The standard InChI is InChI=1S/C31H36O5/c1-4-6-7-8-9-24-10-12-25(13-11-24)30(32)35-28-18-20-29(21-19-28)36-31(33)26-14-16-27(17-15-26)34-22-23(3)5-2/h10-21,23H,4-9,22H2,1-3H3. The molecule has 0 saturated carbocycles. The van der Waals surface area contributed by atoms with E-state index in [-0.39, 0.29) is 0 Å². The normalized spacial score (nSPS) is 11.5. The van der Waals surface area contributed by atoms with E-state index in [2.05, 4.69) is 20.8 Å². The molecule has 0 spiro atoms. The van der Waals surface area contributed by atoms with Crippen LogP contribution in [-0.4, -0.2) is 18.5 Å². The maximum absolute atomic E-state index is 12.5. The molecule has 190 valence electrons. The summed E-state index contributed by atoms with van der Waals surface area (Å²) in [6.45, 7) is 7.09. The van der Waals surface area contributed by atoms with E-state index in [4.69, 9.17) is 14.2 Å². The van der Waals surface area contributed by atoms with Crippen LogP contribution < -0.4 is 14.2 Å². The Hall–Kier alpha value is -3.60. The van der Waals surface area contributed by atoms with Gasteiger partial charge in [-0.05, 0) is 85.0 Å². The number of unbranched alkanes of at least 4 members (excludes halogenated alkanes) is 3. The van der Waals surface area contributed by atoms with Crippen LogP contribution in [0, 0.1) is 5.92 Å². The van der Waals surface area contributed by atoms with Crippen molar-refractivity contribution in [3.63, 3.8) is 0 Å². The number of hydrogen-bond acceptors (Lipinski definition) is 5. The van der Waals surface area contributed by atoms with E-state index >= 15 is 0 Å². The highest BCUT2D eigenvalue weighted by molar-refractivity contribution is 5.92. The van der Waals surface area contributed by atoms with E-state index in [1.165, 1.54) is 24.8 Å². The van der Waals surface area contributed by atoms with Crippen LogP contribution in [-0.2, 0) is 6.42 Å². The number of esters is 2. The highest BCUT2D eigenvalue weighted by atomic mass is 16.5. The Morgan fingerprint density at radius 3 is 1.67 bits per heavy atom. The predicted molar refractivity (Wildman–Crippen MR) is 142 cm³/mol. The fraction of sp³-hybridized carbons (Fsp3) is 0.355. The van der Waals surface area contributed by atoms with E-state index in [0.29, 0.717) is 35.2 Å². The predicted octanol–water partition coefficient (Wildman–Crippen LogP) is 7.67. The van der Waals surface area contributed by atoms with Crippen molar-refractivity contribution < 1.29 is 23.8 Å². The monoisotopic (exact) mass is 488 g/mol. The third kappa shape index (κ3) is 8.56. The fourth-order valence-electron chi connectivity index (χ4n) is 3.51. The third-order valence-electron chi connectivity index (χ3n) is 6.07. The van der Waals surface area contributed by atoms with Gasteiger partial charge >= 0.3 is 11.9 Å². The van der Waals surface area contributed by atoms with E-state index in [1.54, 1.807) is 60.7 Å². The summed E-state index contributed by atoms with van der Waals surface area (Å²) in [5.41, 5.74) is 2.15. The zero-order valence-corrected chi connectivity index (χ0v) is 21.5. The van der Waals surface area contributed by atoms with Crippen molar-refractivity contribution in [2.45, 2.75) is 59.3 Å². The molecule has 3 aromatic carbocycles. The molecule has 36 heavy (non-hydrogen) atoms. The SMILES string of the molecule is CCCCCCc1ccc(C(=O)Oc2ccc(OC(=O)c3ccc(OCC(C)CC)cc3)cc2)cc1. The van der Waals surface area contributed by atoms with E-state index in [9.17, 15) is 9.59 Å². The van der Waals surface area contributed by atoms with Crippen LogP contribution in [0.25, 0.3) is 0 Å². The molecule has 0 N–H and O–H groups in total. The summed E-state index contributed by atoms with van der Waals surface area (Å²) in [6, 6.07) is 20.9. The molecule has 0 aliphatic heterocycles. The summed E-state index contributed by atoms with van der Waals surface area (Å²) in [6.07, 6.45) is 6.93. The van der Waals surface area contributed by atoms with Crippen LogP contribution in [0.3, 0.4) is 0 Å². The number of carbonyl (C=O) groups is 2. The number of rotatable bonds is 13. The van der Waals surface area contributed by atoms with Crippen LogP contribution in [0.1, 0.15) is 79.2 Å². The average molecular weight is 489 g/mol. The topological polar surface area (TPSA) is 61.8 Å². The molecule has 0 radical (unpaired) electrons. The second-order valence-electron chi connectivity index (χ2n) is 9.11. The molecule has 0 aliphatic carbocycles. The second-order valence-corrected chi connectivity index (χ2v) is 9.11. The molecule has 3 rings (SSSR count). The summed E-state index contributed by atoms with van der Waals surface area (Å²) in [5, 5.41) is 0. The average Bonchev–Trinajstić information content (AvgIpc) is 2.91. The summed E-state index contributed by atoms with van der Waals surface area (Å²) in [4.78, 5) is 24.9. The van der Waals surface area contributed by atoms with Gasteiger partial charge in [-0.25, -0.2) is 9.59 Å². The maximum Gasteiger partial charge on any atom is 0.343 e. The number of benzene rings is 3. The van der Waals surface area contributed by atoms with Gasteiger partial charge < -0.3 is 14.2 Å². The first-order valence-electron chi connectivity index (χ1n) is 12.8. The van der Waals surface area contributed by atoms with Gasteiger partial charge in [0.05, 0.1) is 17.7 Å². The Morgan fingerprint density at radius 1 is 0.667 bits per heavy atom. The first-order chi connectivity index (χ1) is 17.5. The number of carbonyl (C=O) groups excluding carboxylic acids is 2. The van der Waals surface area contributed by atoms with Crippen molar-refractivity contribution in [2.75, 3.05) is 6.61 Å². The van der Waals surface area contributed by atoms with Crippen LogP contribution in [0.4, 0.5) is 0 Å². The minimum Gasteiger partial charge on any atom is -0.493 e. The molecule has 0 heterocycles. The number of hydrogen-bond donors (Lipinski definition) is 0. The molecular weight excluding hydrogens is 452 g/mol. The van der Waals surface area contributed by atoms with Gasteiger partial charge in [0.2, 0.25) is 0 Å². The van der Waals surface area contributed by atoms with Gasteiger partial charge in [-0.2, -0.15) is 0 Å². The van der Waals surface area contributed by atoms with Crippen molar-refractivity contribution in [3.05, 3.63) is 89.5 Å². The van der Waals surface area contributed by atoms with Gasteiger partial charge in [-0.15, -0.1) is 0 Å². The van der Waals surface area contributed by atoms with Gasteiger partial charge in [-0.1, -0.05) is 58.6 Å². The Kier molecular flexibility index (Phi) is 10.6. The lowest BCUT2D eigenvalue weighted by Crippen LogP contribution is -2.10. The Bertz CT molecular complexity index is 1090. The van der Waals surface area contributed by atoms with Crippen LogP contribution in [0.15, 0.2) is 72.8 Å². The van der Waals surface area contributed by atoms with Crippen molar-refractivity contribution in [1.82, 2.24) is 0 Å². The first-order valence-corrected chi connectivity index (χ1v) is 12.8. The Labute approximate surface area is 214 Å². The van der Waals surface area contributed by atoms with Crippen molar-refractivity contribution in [2.24, 2.45) is 5.92 Å². The molecular formula is C31H36O5. The van der Waals surface area contributed by atoms with E-state index < -0.39 is 11.9 Å². The van der Waals surface area contributed by atoms with Crippen molar-refractivity contribution >= 4 is 11.9 Å². The lowest BCUT2D eigenvalue weighted by Gasteiger charge is -2.11. The van der Waals surface area contributed by atoms with Crippen molar-refractivity contribution in [3.8, 4) is 17.2 Å². The van der Waals surface area contributed by atoms with Crippen molar-refractivity contribution in [1.29, 1.82) is 0 Å². The second kappa shape index (κ2) is 14.1. The minimum atomic E-state index is -0.469. The lowest BCUT2D eigenvalue weighted by atomic mass is 10.0. The Balaban J connectivity index is 1.48. The third-order valence-corrected chi connectivity index (χ3v) is 6.07. The van der Waals surface area contributed by atoms with Gasteiger partial charge in [0.25, 0.3) is 0 Å². The molecule has 0 aromatic heterocycles. The largest absolute Gasteiger partial charge is 0.493 e. The lowest BCUT2D eigenvalue weighted by molar-refractivity contribution is 0.0719. The minimum absolute atomic E-state index is 0.365. The van der Waals surface area contributed by atoms with E-state index in [0.717, 1.165) is 25.0 Å². The summed E-state index contributed by atoms with van der Waals surface area (Å²) >= 11 is 0.